The number of ketones is 1. The van der Waals surface area contributed by atoms with Crippen LogP contribution in [0.4, 0.5) is 23.2 Å². The number of carbonyl (C=O) groups is 4. The fourth-order valence-corrected chi connectivity index (χ4v) is 3.66. The number of halogens is 4. The van der Waals surface area contributed by atoms with Gasteiger partial charge in [-0.2, -0.15) is 13.2 Å². The first-order chi connectivity index (χ1) is 16.5. The van der Waals surface area contributed by atoms with E-state index in [1.165, 1.54) is 24.0 Å². The molecule has 2 aromatic rings. The molecule has 0 unspecified atom stereocenters. The predicted octanol–water partition coefficient (Wildman–Crippen LogP) is 4.08. The molecular formula is C24H22F4N2O5. The summed E-state index contributed by atoms with van der Waals surface area (Å²) in [5.74, 6) is -3.70. The summed E-state index contributed by atoms with van der Waals surface area (Å²) < 4.78 is 57.3. The monoisotopic (exact) mass is 494 g/mol. The number of nitrogens with one attached hydrogen (secondary N) is 1. The number of benzene rings is 2. The van der Waals surface area contributed by atoms with Crippen molar-refractivity contribution in [3.05, 3.63) is 65.0 Å². The van der Waals surface area contributed by atoms with Gasteiger partial charge in [0, 0.05) is 31.3 Å². The zero-order valence-electron chi connectivity index (χ0n) is 18.7. The number of likely N-dealkylation sites (tertiary alicyclic amines) is 1. The van der Waals surface area contributed by atoms with E-state index in [0.717, 1.165) is 30.3 Å². The molecule has 3 rings (SSSR count). The van der Waals surface area contributed by atoms with Crippen LogP contribution in [0.2, 0.25) is 0 Å². The molecule has 1 N–H and O–H groups in total. The van der Waals surface area contributed by atoms with Crippen LogP contribution < -0.4 is 5.32 Å². The number of anilines is 1. The summed E-state index contributed by atoms with van der Waals surface area (Å²) in [5.41, 5.74) is -0.852. The molecule has 186 valence electrons. The number of hydrogen-bond acceptors (Lipinski definition) is 5. The zero-order chi connectivity index (χ0) is 25.8. The average molecular weight is 494 g/mol. The number of piperidine rings is 1. The van der Waals surface area contributed by atoms with Gasteiger partial charge in [-0.3, -0.25) is 19.2 Å². The van der Waals surface area contributed by atoms with Gasteiger partial charge >= 0.3 is 12.1 Å². The highest BCUT2D eigenvalue weighted by molar-refractivity contribution is 5.99. The maximum Gasteiger partial charge on any atom is 0.416 e. The van der Waals surface area contributed by atoms with E-state index < -0.39 is 53.6 Å². The third kappa shape index (κ3) is 6.65. The minimum absolute atomic E-state index is 0.108. The zero-order valence-corrected chi connectivity index (χ0v) is 18.7. The molecule has 2 aromatic carbocycles. The number of rotatable bonds is 6. The molecule has 0 aliphatic carbocycles. The predicted molar refractivity (Wildman–Crippen MR) is 116 cm³/mol. The van der Waals surface area contributed by atoms with Crippen molar-refractivity contribution in [2.75, 3.05) is 25.0 Å². The van der Waals surface area contributed by atoms with Crippen molar-refractivity contribution < 1.29 is 41.5 Å². The molecule has 0 aromatic heterocycles. The Morgan fingerprint density at radius 3 is 2.20 bits per heavy atom. The van der Waals surface area contributed by atoms with E-state index in [4.69, 9.17) is 4.74 Å². The SMILES string of the molecule is CC(=O)Nc1ccc(C(=O)COC(=O)C2CCN(C(=O)c3ccc(C(F)(F)F)cc3)CC2)c(F)c1. The van der Waals surface area contributed by atoms with Crippen LogP contribution in [0.1, 0.15) is 46.0 Å². The lowest BCUT2D eigenvalue weighted by molar-refractivity contribution is -0.148. The Balaban J connectivity index is 1.49. The van der Waals surface area contributed by atoms with E-state index in [0.29, 0.717) is 0 Å². The van der Waals surface area contributed by atoms with Crippen LogP contribution in [0, 0.1) is 11.7 Å². The van der Waals surface area contributed by atoms with Gasteiger partial charge in [-0.25, -0.2) is 4.39 Å². The number of hydrogen-bond donors (Lipinski definition) is 1. The molecule has 1 fully saturated rings. The summed E-state index contributed by atoms with van der Waals surface area (Å²) in [6.07, 6.45) is -4.00. The molecule has 1 heterocycles. The van der Waals surface area contributed by atoms with Crippen LogP contribution in [0.25, 0.3) is 0 Å². The number of nitrogens with zero attached hydrogens (tertiary/aromatic N) is 1. The van der Waals surface area contributed by atoms with Gasteiger partial charge < -0.3 is 15.0 Å². The van der Waals surface area contributed by atoms with E-state index >= 15 is 0 Å². The molecule has 0 radical (unpaired) electrons. The quantitative estimate of drug-likeness (QED) is 0.371. The highest BCUT2D eigenvalue weighted by Gasteiger charge is 2.32. The summed E-state index contributed by atoms with van der Waals surface area (Å²) in [6, 6.07) is 7.41. The lowest BCUT2D eigenvalue weighted by Gasteiger charge is -2.31. The minimum Gasteiger partial charge on any atom is -0.457 e. The summed E-state index contributed by atoms with van der Waals surface area (Å²) in [7, 11) is 0. The fraction of sp³-hybridized carbons (Fsp3) is 0.333. The second-order valence-electron chi connectivity index (χ2n) is 8.05. The Kier molecular flexibility index (Phi) is 7.88. The van der Waals surface area contributed by atoms with Crippen LogP contribution in [-0.4, -0.2) is 48.2 Å². The first-order valence-electron chi connectivity index (χ1n) is 10.7. The Morgan fingerprint density at radius 2 is 1.66 bits per heavy atom. The third-order valence-electron chi connectivity index (χ3n) is 5.51. The van der Waals surface area contributed by atoms with Gasteiger partial charge in [0.2, 0.25) is 11.7 Å². The van der Waals surface area contributed by atoms with Gasteiger partial charge in [0.05, 0.1) is 17.0 Å². The number of carbonyl (C=O) groups excluding carboxylic acids is 4. The number of amides is 2. The Morgan fingerprint density at radius 1 is 1.03 bits per heavy atom. The molecule has 0 atom stereocenters. The van der Waals surface area contributed by atoms with Crippen molar-refractivity contribution >= 4 is 29.3 Å². The van der Waals surface area contributed by atoms with E-state index in [1.54, 1.807) is 0 Å². The Bertz CT molecular complexity index is 1120. The summed E-state index contributed by atoms with van der Waals surface area (Å²) in [6.45, 7) is 0.963. The standard InChI is InChI=1S/C24H22F4N2O5/c1-14(31)29-18-6-7-19(20(25)12-18)21(32)13-35-23(34)16-8-10-30(11-9-16)22(33)15-2-4-17(5-3-15)24(26,27)28/h2-7,12,16H,8-11,13H2,1H3,(H,29,31). The van der Waals surface area contributed by atoms with E-state index in [2.05, 4.69) is 5.32 Å². The molecule has 2 amide bonds. The largest absolute Gasteiger partial charge is 0.457 e. The van der Waals surface area contributed by atoms with E-state index in [9.17, 15) is 36.7 Å². The van der Waals surface area contributed by atoms with Crippen LogP contribution in [0.3, 0.4) is 0 Å². The highest BCUT2D eigenvalue weighted by atomic mass is 19.4. The smallest absolute Gasteiger partial charge is 0.416 e. The lowest BCUT2D eigenvalue weighted by Crippen LogP contribution is -2.40. The number of Topliss-reactive ketones (excluding diaryl/α,β-unsaturated/α-hetero) is 1. The van der Waals surface area contributed by atoms with Crippen molar-refractivity contribution in [2.45, 2.75) is 25.9 Å². The van der Waals surface area contributed by atoms with Crippen molar-refractivity contribution in [3.8, 4) is 0 Å². The summed E-state index contributed by atoms with van der Waals surface area (Å²) >= 11 is 0. The Labute approximate surface area is 198 Å². The van der Waals surface area contributed by atoms with Crippen molar-refractivity contribution in [1.29, 1.82) is 0 Å². The minimum atomic E-state index is -4.50. The topological polar surface area (TPSA) is 92.8 Å². The van der Waals surface area contributed by atoms with E-state index in [-0.39, 0.29) is 42.7 Å². The van der Waals surface area contributed by atoms with Gasteiger partial charge in [-0.15, -0.1) is 0 Å². The van der Waals surface area contributed by atoms with Crippen molar-refractivity contribution in [1.82, 2.24) is 4.90 Å². The first-order valence-corrected chi connectivity index (χ1v) is 10.7. The molecular weight excluding hydrogens is 472 g/mol. The molecule has 1 aliphatic heterocycles. The normalized spacial score (nSPS) is 14.4. The molecule has 1 saturated heterocycles. The van der Waals surface area contributed by atoms with Crippen molar-refractivity contribution in [3.63, 3.8) is 0 Å². The second-order valence-corrected chi connectivity index (χ2v) is 8.05. The molecule has 1 aliphatic rings. The van der Waals surface area contributed by atoms with Gasteiger partial charge in [0.15, 0.2) is 6.61 Å². The molecule has 35 heavy (non-hydrogen) atoms. The maximum absolute atomic E-state index is 14.2. The second kappa shape index (κ2) is 10.7. The number of ether oxygens (including phenoxy) is 1. The van der Waals surface area contributed by atoms with Crippen molar-refractivity contribution in [2.24, 2.45) is 5.92 Å². The number of esters is 1. The van der Waals surface area contributed by atoms with Crippen LogP contribution >= 0.6 is 0 Å². The third-order valence-corrected chi connectivity index (χ3v) is 5.51. The van der Waals surface area contributed by atoms with Gasteiger partial charge in [0.1, 0.15) is 5.82 Å². The van der Waals surface area contributed by atoms with E-state index in [1.807, 2.05) is 0 Å². The van der Waals surface area contributed by atoms with Crippen LogP contribution in [0.5, 0.6) is 0 Å². The van der Waals surface area contributed by atoms with Gasteiger partial charge in [-0.1, -0.05) is 0 Å². The molecule has 0 spiro atoms. The number of alkyl halides is 3. The maximum atomic E-state index is 14.2. The Hall–Kier alpha value is -3.76. The van der Waals surface area contributed by atoms with Crippen LogP contribution in [-0.2, 0) is 20.5 Å². The fourth-order valence-electron chi connectivity index (χ4n) is 3.66. The lowest BCUT2D eigenvalue weighted by atomic mass is 9.96. The molecule has 0 saturated carbocycles. The average Bonchev–Trinajstić information content (AvgIpc) is 2.81. The first kappa shape index (κ1) is 25.9. The summed E-state index contributed by atoms with van der Waals surface area (Å²) in [4.78, 5) is 49.6. The summed E-state index contributed by atoms with van der Waals surface area (Å²) in [5, 5.41) is 2.39. The highest BCUT2D eigenvalue weighted by Crippen LogP contribution is 2.29. The van der Waals surface area contributed by atoms with Gasteiger partial charge in [0.25, 0.3) is 5.91 Å². The molecule has 0 bridgehead atoms. The molecule has 11 heteroatoms. The van der Waals surface area contributed by atoms with Gasteiger partial charge in [-0.05, 0) is 55.3 Å². The molecule has 7 nitrogen and oxygen atoms in total. The van der Waals surface area contributed by atoms with Crippen LogP contribution in [0.15, 0.2) is 42.5 Å².